The molecule has 4 heterocycles. The largest absolute Gasteiger partial charge is 0.348 e. The summed E-state index contributed by atoms with van der Waals surface area (Å²) in [5.74, 6) is 1.03. The van der Waals surface area contributed by atoms with Crippen LogP contribution >= 0.6 is 0 Å². The van der Waals surface area contributed by atoms with Crippen LogP contribution in [0.25, 0.3) is 0 Å². The molecular weight excluding hydrogens is 450 g/mol. The van der Waals surface area contributed by atoms with Crippen molar-refractivity contribution in [2.24, 2.45) is 5.92 Å². The van der Waals surface area contributed by atoms with Crippen molar-refractivity contribution in [3.63, 3.8) is 0 Å². The number of aromatic nitrogens is 4. The van der Waals surface area contributed by atoms with Gasteiger partial charge in [-0.15, -0.1) is 0 Å². The van der Waals surface area contributed by atoms with Gasteiger partial charge in [0, 0.05) is 42.9 Å². The summed E-state index contributed by atoms with van der Waals surface area (Å²) in [6.07, 6.45) is 5.57. The van der Waals surface area contributed by atoms with Gasteiger partial charge < -0.3 is 15.1 Å². The van der Waals surface area contributed by atoms with Crippen LogP contribution in [0.4, 0.5) is 5.95 Å². The Labute approximate surface area is 213 Å². The average molecular weight is 488 g/mol. The van der Waals surface area contributed by atoms with Crippen LogP contribution in [0, 0.1) is 5.92 Å². The molecule has 3 atom stereocenters. The van der Waals surface area contributed by atoms with E-state index < -0.39 is 0 Å². The first-order valence-corrected chi connectivity index (χ1v) is 13.1. The third-order valence-corrected chi connectivity index (χ3v) is 7.59. The fourth-order valence-electron chi connectivity index (χ4n) is 5.47. The Bertz CT molecular complexity index is 1190. The Balaban J connectivity index is 1.31. The van der Waals surface area contributed by atoms with E-state index >= 15 is 0 Å². The van der Waals surface area contributed by atoms with Crippen molar-refractivity contribution in [1.29, 1.82) is 0 Å². The minimum atomic E-state index is -0.0110. The molecule has 5 rings (SSSR count). The molecule has 0 saturated carbocycles. The van der Waals surface area contributed by atoms with Crippen molar-refractivity contribution < 1.29 is 4.79 Å². The van der Waals surface area contributed by atoms with Gasteiger partial charge in [-0.25, -0.2) is 9.97 Å². The van der Waals surface area contributed by atoms with Gasteiger partial charge in [-0.05, 0) is 64.4 Å². The Kier molecular flexibility index (Phi) is 7.05. The number of hydrogen-bond acceptors (Lipinski definition) is 6. The first-order valence-electron chi connectivity index (χ1n) is 13.1. The summed E-state index contributed by atoms with van der Waals surface area (Å²) in [7, 11) is 2.15. The van der Waals surface area contributed by atoms with Gasteiger partial charge in [-0.2, -0.15) is 5.10 Å². The molecule has 0 bridgehead atoms. The predicted molar refractivity (Wildman–Crippen MR) is 140 cm³/mol. The van der Waals surface area contributed by atoms with Gasteiger partial charge in [0.05, 0.1) is 24.5 Å². The first kappa shape index (κ1) is 24.4. The number of carbonyl (C=O) groups is 1. The lowest BCUT2D eigenvalue weighted by molar-refractivity contribution is -0.141. The summed E-state index contributed by atoms with van der Waals surface area (Å²) in [5.41, 5.74) is 4.27. The quantitative estimate of drug-likeness (QED) is 0.569. The van der Waals surface area contributed by atoms with Gasteiger partial charge in [0.15, 0.2) is 0 Å². The van der Waals surface area contributed by atoms with Gasteiger partial charge in [0.25, 0.3) is 0 Å². The molecule has 1 aromatic carbocycles. The fraction of sp³-hybridized carbons (Fsp3) is 0.500. The number of carbonyl (C=O) groups excluding carboxylic acids is 1. The Morgan fingerprint density at radius 1 is 1.19 bits per heavy atom. The lowest BCUT2D eigenvalue weighted by Crippen LogP contribution is -2.50. The van der Waals surface area contributed by atoms with Crippen LogP contribution in [0.5, 0.6) is 0 Å². The minimum absolute atomic E-state index is 0.0110. The van der Waals surface area contributed by atoms with Crippen LogP contribution in [0.2, 0.25) is 0 Å². The van der Waals surface area contributed by atoms with Crippen molar-refractivity contribution in [1.82, 2.24) is 29.5 Å². The number of rotatable bonds is 6. The topological polar surface area (TPSA) is 79.2 Å². The van der Waals surface area contributed by atoms with Gasteiger partial charge >= 0.3 is 0 Å². The van der Waals surface area contributed by atoms with E-state index in [9.17, 15) is 4.79 Å². The maximum atomic E-state index is 14.0. The molecule has 2 aromatic heterocycles. The van der Waals surface area contributed by atoms with E-state index in [2.05, 4.69) is 77.3 Å². The normalized spacial score (nSPS) is 22.5. The van der Waals surface area contributed by atoms with E-state index in [0.29, 0.717) is 25.1 Å². The molecule has 1 N–H and O–H groups in total. The zero-order valence-electron chi connectivity index (χ0n) is 21.8. The summed E-state index contributed by atoms with van der Waals surface area (Å²) in [6.45, 7) is 9.30. The second-order valence-electron chi connectivity index (χ2n) is 10.6. The van der Waals surface area contributed by atoms with Crippen LogP contribution in [0.3, 0.4) is 0 Å². The highest BCUT2D eigenvalue weighted by Crippen LogP contribution is 2.35. The molecule has 1 saturated heterocycles. The molecule has 2 aliphatic rings. The van der Waals surface area contributed by atoms with Gasteiger partial charge in [-0.1, -0.05) is 30.3 Å². The molecule has 1 fully saturated rings. The molecule has 1 amide bonds. The van der Waals surface area contributed by atoms with Gasteiger partial charge in [0.1, 0.15) is 0 Å². The van der Waals surface area contributed by atoms with Crippen LogP contribution in [0.15, 0.2) is 48.8 Å². The number of hydrogen-bond donors (Lipinski definition) is 1. The van der Waals surface area contributed by atoms with Crippen molar-refractivity contribution in [2.75, 3.05) is 25.5 Å². The third-order valence-electron chi connectivity index (χ3n) is 7.59. The smallest absolute Gasteiger partial charge is 0.227 e. The van der Waals surface area contributed by atoms with Gasteiger partial charge in [0.2, 0.25) is 11.9 Å². The van der Waals surface area contributed by atoms with Crippen molar-refractivity contribution in [2.45, 2.75) is 64.7 Å². The zero-order chi connectivity index (χ0) is 25.2. The lowest BCUT2D eigenvalue weighted by atomic mass is 9.79. The molecule has 0 spiro atoms. The number of nitrogens with one attached hydrogen (secondary N) is 1. The number of likely N-dealkylation sites (tertiary alicyclic amines) is 1. The monoisotopic (exact) mass is 487 g/mol. The molecule has 2 aliphatic heterocycles. The van der Waals surface area contributed by atoms with E-state index in [1.807, 2.05) is 29.2 Å². The van der Waals surface area contributed by atoms with E-state index in [1.165, 1.54) is 5.56 Å². The maximum Gasteiger partial charge on any atom is 0.227 e. The summed E-state index contributed by atoms with van der Waals surface area (Å²) >= 11 is 0. The standard InChI is InChI=1S/C28H37N7O/c1-19(2)35-13-10-23(32-35)16-30-28-29-15-22-14-20(3)34(18-26(22)31-28)27(36)24-11-12-33(4)17-25(24)21-8-6-5-7-9-21/h5-10,13,15,19-20,24-25H,11-12,14,16-18H2,1-4H3,(H,29,30,31)/t20-,24+,25-/m1/s1. The Morgan fingerprint density at radius 3 is 2.75 bits per heavy atom. The summed E-state index contributed by atoms with van der Waals surface area (Å²) < 4.78 is 1.95. The number of fused-ring (bicyclic) bond motifs is 1. The molecule has 0 unspecified atom stereocenters. The first-order chi connectivity index (χ1) is 17.4. The number of nitrogens with zero attached hydrogens (tertiary/aromatic N) is 6. The molecule has 8 heteroatoms. The molecule has 36 heavy (non-hydrogen) atoms. The minimum Gasteiger partial charge on any atom is -0.348 e. The number of benzene rings is 1. The lowest BCUT2D eigenvalue weighted by Gasteiger charge is -2.42. The molecule has 0 aliphatic carbocycles. The maximum absolute atomic E-state index is 14.0. The second kappa shape index (κ2) is 10.4. The Hall–Kier alpha value is -3.26. The van der Waals surface area contributed by atoms with Crippen LogP contribution in [-0.2, 0) is 24.3 Å². The van der Waals surface area contributed by atoms with Gasteiger partial charge in [-0.3, -0.25) is 9.48 Å². The third kappa shape index (κ3) is 5.14. The van der Waals surface area contributed by atoms with E-state index in [-0.39, 0.29) is 23.8 Å². The highest BCUT2D eigenvalue weighted by molar-refractivity contribution is 5.80. The molecule has 3 aromatic rings. The van der Waals surface area contributed by atoms with Crippen LogP contribution < -0.4 is 5.32 Å². The van der Waals surface area contributed by atoms with E-state index in [1.54, 1.807) is 0 Å². The second-order valence-corrected chi connectivity index (χ2v) is 10.6. The number of amides is 1. The molecular formula is C28H37N7O. The SMILES string of the molecule is CC(C)n1ccc(CNc2ncc3c(n2)CN(C(=O)[C@H]2CCN(C)C[C@@H]2c2ccccc2)[C@H](C)C3)n1. The van der Waals surface area contributed by atoms with Crippen molar-refractivity contribution in [3.8, 4) is 0 Å². The van der Waals surface area contributed by atoms with Crippen LogP contribution in [-0.4, -0.2) is 61.6 Å². The highest BCUT2D eigenvalue weighted by Gasteiger charge is 2.39. The Morgan fingerprint density at radius 2 is 2.00 bits per heavy atom. The van der Waals surface area contributed by atoms with Crippen molar-refractivity contribution in [3.05, 3.63) is 71.3 Å². The van der Waals surface area contributed by atoms with Crippen LogP contribution in [0.1, 0.15) is 61.7 Å². The molecule has 190 valence electrons. The number of anilines is 1. The number of piperidine rings is 1. The van der Waals surface area contributed by atoms with E-state index in [4.69, 9.17) is 4.98 Å². The fourth-order valence-corrected chi connectivity index (χ4v) is 5.47. The summed E-state index contributed by atoms with van der Waals surface area (Å²) in [5, 5.41) is 7.90. The average Bonchev–Trinajstić information content (AvgIpc) is 3.37. The highest BCUT2D eigenvalue weighted by atomic mass is 16.2. The summed E-state index contributed by atoms with van der Waals surface area (Å²) in [6, 6.07) is 13.0. The molecule has 0 radical (unpaired) electrons. The zero-order valence-corrected chi connectivity index (χ0v) is 21.8. The number of likely N-dealkylation sites (N-methyl/N-ethyl adjacent to an activating group) is 1. The molecule has 8 nitrogen and oxygen atoms in total. The van der Waals surface area contributed by atoms with Crippen molar-refractivity contribution >= 4 is 11.9 Å². The predicted octanol–water partition coefficient (Wildman–Crippen LogP) is 3.87. The van der Waals surface area contributed by atoms with E-state index in [0.717, 1.165) is 42.9 Å². The summed E-state index contributed by atoms with van der Waals surface area (Å²) in [4.78, 5) is 27.7.